The van der Waals surface area contributed by atoms with Crippen LogP contribution in [-0.2, 0) is 0 Å². The molecule has 0 bridgehead atoms. The van der Waals surface area contributed by atoms with E-state index in [4.69, 9.17) is 23.2 Å². The fourth-order valence-corrected chi connectivity index (χ4v) is 1.09. The van der Waals surface area contributed by atoms with E-state index in [0.29, 0.717) is 16.0 Å². The van der Waals surface area contributed by atoms with Gasteiger partial charge in [0.1, 0.15) is 0 Å². The summed E-state index contributed by atoms with van der Waals surface area (Å²) in [6.07, 6.45) is 1.87. The molecule has 0 amide bonds. The van der Waals surface area contributed by atoms with Crippen LogP contribution in [0.5, 0.6) is 0 Å². The van der Waals surface area contributed by atoms with Gasteiger partial charge in [-0.25, -0.2) is 0 Å². The van der Waals surface area contributed by atoms with Crippen LogP contribution in [0.3, 0.4) is 0 Å². The van der Waals surface area contributed by atoms with Crippen LogP contribution in [0.2, 0.25) is 10.0 Å². The molecular weight excluding hydrogens is 205 g/mol. The zero-order chi connectivity index (χ0) is 9.84. The van der Waals surface area contributed by atoms with Crippen molar-refractivity contribution in [2.75, 3.05) is 0 Å². The van der Waals surface area contributed by atoms with Crippen LogP contribution < -0.4 is 0 Å². The Labute approximate surface area is 88.4 Å². The first-order chi connectivity index (χ1) is 6.09. The summed E-state index contributed by atoms with van der Waals surface area (Å²) in [4.78, 5) is 4.24. The Hall–Kier alpha value is -0.530. The van der Waals surface area contributed by atoms with Gasteiger partial charge in [0, 0.05) is 6.21 Å². The summed E-state index contributed by atoms with van der Waals surface area (Å²) in [6.45, 7) is 4.14. The van der Waals surface area contributed by atoms with E-state index in [1.54, 1.807) is 12.1 Å². The fourth-order valence-electron chi connectivity index (χ4n) is 0.800. The highest BCUT2D eigenvalue weighted by Crippen LogP contribution is 2.26. The Bertz CT molecular complexity index is 319. The van der Waals surface area contributed by atoms with Gasteiger partial charge in [0.2, 0.25) is 0 Å². The van der Waals surface area contributed by atoms with Crippen LogP contribution in [0.25, 0.3) is 0 Å². The standard InChI is InChI=1S/C10H11Cl2N/c1-7(2)6-13-8-3-4-9(11)10(12)5-8/h3-7H,1-2H3. The topological polar surface area (TPSA) is 12.4 Å². The molecule has 0 spiro atoms. The van der Waals surface area contributed by atoms with Crippen molar-refractivity contribution in [3.63, 3.8) is 0 Å². The molecule has 0 aromatic heterocycles. The number of aliphatic imine (C=N–C) groups is 1. The van der Waals surface area contributed by atoms with E-state index in [0.717, 1.165) is 5.69 Å². The predicted octanol–water partition coefficient (Wildman–Crippen LogP) is 4.35. The van der Waals surface area contributed by atoms with Gasteiger partial charge in [-0.1, -0.05) is 37.0 Å². The maximum absolute atomic E-state index is 5.82. The summed E-state index contributed by atoms with van der Waals surface area (Å²) >= 11 is 11.6. The van der Waals surface area contributed by atoms with Crippen molar-refractivity contribution < 1.29 is 0 Å². The van der Waals surface area contributed by atoms with Crippen LogP contribution in [0.15, 0.2) is 23.2 Å². The van der Waals surface area contributed by atoms with Crippen molar-refractivity contribution in [3.8, 4) is 0 Å². The molecular formula is C10H11Cl2N. The average Bonchev–Trinajstić information content (AvgIpc) is 2.07. The average molecular weight is 216 g/mol. The molecule has 1 aromatic rings. The van der Waals surface area contributed by atoms with E-state index in [1.165, 1.54) is 0 Å². The maximum atomic E-state index is 5.82. The minimum atomic E-state index is 0.439. The lowest BCUT2D eigenvalue weighted by molar-refractivity contribution is 0.907. The highest BCUT2D eigenvalue weighted by atomic mass is 35.5. The molecule has 0 aliphatic rings. The van der Waals surface area contributed by atoms with E-state index < -0.39 is 0 Å². The van der Waals surface area contributed by atoms with Crippen molar-refractivity contribution in [3.05, 3.63) is 28.2 Å². The Morgan fingerprint density at radius 3 is 2.46 bits per heavy atom. The lowest BCUT2D eigenvalue weighted by atomic mass is 10.2. The number of hydrogen-bond acceptors (Lipinski definition) is 1. The highest BCUT2D eigenvalue weighted by Gasteiger charge is 1.97. The smallest absolute Gasteiger partial charge is 0.0641 e. The second-order valence-corrected chi connectivity index (χ2v) is 3.93. The second kappa shape index (κ2) is 4.64. The first kappa shape index (κ1) is 10.6. The second-order valence-electron chi connectivity index (χ2n) is 3.12. The van der Waals surface area contributed by atoms with Gasteiger partial charge in [0.05, 0.1) is 15.7 Å². The van der Waals surface area contributed by atoms with Crippen molar-refractivity contribution in [1.29, 1.82) is 0 Å². The lowest BCUT2D eigenvalue weighted by Crippen LogP contribution is -1.85. The number of benzene rings is 1. The molecule has 0 saturated heterocycles. The molecule has 1 nitrogen and oxygen atoms in total. The Balaban J connectivity index is 2.85. The number of nitrogens with zero attached hydrogens (tertiary/aromatic N) is 1. The Morgan fingerprint density at radius 2 is 1.92 bits per heavy atom. The van der Waals surface area contributed by atoms with E-state index in [-0.39, 0.29) is 0 Å². The zero-order valence-electron chi connectivity index (χ0n) is 7.59. The molecule has 13 heavy (non-hydrogen) atoms. The van der Waals surface area contributed by atoms with Gasteiger partial charge >= 0.3 is 0 Å². The minimum absolute atomic E-state index is 0.439. The molecule has 0 aliphatic heterocycles. The molecule has 0 atom stereocenters. The van der Waals surface area contributed by atoms with Crippen LogP contribution in [0.1, 0.15) is 13.8 Å². The third kappa shape index (κ3) is 3.37. The van der Waals surface area contributed by atoms with Crippen LogP contribution in [0.4, 0.5) is 5.69 Å². The van der Waals surface area contributed by atoms with E-state index in [1.807, 2.05) is 12.3 Å². The molecule has 0 fully saturated rings. The van der Waals surface area contributed by atoms with Crippen molar-refractivity contribution in [2.45, 2.75) is 13.8 Å². The molecule has 0 radical (unpaired) electrons. The maximum Gasteiger partial charge on any atom is 0.0641 e. The monoisotopic (exact) mass is 215 g/mol. The first-order valence-corrected chi connectivity index (χ1v) is 4.84. The largest absolute Gasteiger partial charge is 0.261 e. The molecule has 3 heteroatoms. The molecule has 1 aromatic carbocycles. The summed E-state index contributed by atoms with van der Waals surface area (Å²) in [6, 6.07) is 5.34. The first-order valence-electron chi connectivity index (χ1n) is 4.09. The van der Waals surface area contributed by atoms with E-state index >= 15 is 0 Å². The quantitative estimate of drug-likeness (QED) is 0.651. The van der Waals surface area contributed by atoms with Crippen molar-refractivity contribution in [2.24, 2.45) is 10.9 Å². The number of halogens is 2. The summed E-state index contributed by atoms with van der Waals surface area (Å²) in [5.41, 5.74) is 0.836. The molecule has 0 saturated carbocycles. The molecule has 0 unspecified atom stereocenters. The SMILES string of the molecule is CC(C)C=Nc1ccc(Cl)c(Cl)c1. The van der Waals surface area contributed by atoms with Gasteiger partial charge in [-0.2, -0.15) is 0 Å². The summed E-state index contributed by atoms with van der Waals surface area (Å²) in [7, 11) is 0. The molecule has 1 rings (SSSR count). The van der Waals surface area contributed by atoms with Gasteiger partial charge in [-0.05, 0) is 24.1 Å². The van der Waals surface area contributed by atoms with Crippen LogP contribution in [0, 0.1) is 5.92 Å². The number of hydrogen-bond donors (Lipinski definition) is 0. The normalized spacial score (nSPS) is 11.5. The minimum Gasteiger partial charge on any atom is -0.261 e. The van der Waals surface area contributed by atoms with Gasteiger partial charge in [-0.3, -0.25) is 4.99 Å². The highest BCUT2D eigenvalue weighted by molar-refractivity contribution is 6.42. The molecule has 0 N–H and O–H groups in total. The zero-order valence-corrected chi connectivity index (χ0v) is 9.10. The summed E-state index contributed by atoms with van der Waals surface area (Å²) < 4.78 is 0. The molecule has 0 aliphatic carbocycles. The Morgan fingerprint density at radius 1 is 1.23 bits per heavy atom. The number of rotatable bonds is 2. The fraction of sp³-hybridized carbons (Fsp3) is 0.300. The van der Waals surface area contributed by atoms with Crippen LogP contribution >= 0.6 is 23.2 Å². The molecule has 0 heterocycles. The van der Waals surface area contributed by atoms with Crippen molar-refractivity contribution in [1.82, 2.24) is 0 Å². The molecule has 70 valence electrons. The summed E-state index contributed by atoms with van der Waals surface area (Å²) in [5, 5.41) is 1.10. The van der Waals surface area contributed by atoms with Gasteiger partial charge in [0.15, 0.2) is 0 Å². The lowest BCUT2D eigenvalue weighted by Gasteiger charge is -1.98. The third-order valence-corrected chi connectivity index (χ3v) is 2.16. The van der Waals surface area contributed by atoms with E-state index in [9.17, 15) is 0 Å². The summed E-state index contributed by atoms with van der Waals surface area (Å²) in [5.74, 6) is 0.439. The third-order valence-electron chi connectivity index (χ3n) is 1.42. The van der Waals surface area contributed by atoms with Gasteiger partial charge < -0.3 is 0 Å². The Kier molecular flexibility index (Phi) is 3.76. The predicted molar refractivity (Wildman–Crippen MR) is 59.5 cm³/mol. The van der Waals surface area contributed by atoms with Gasteiger partial charge in [-0.15, -0.1) is 0 Å². The van der Waals surface area contributed by atoms with Crippen LogP contribution in [-0.4, -0.2) is 6.21 Å². The van der Waals surface area contributed by atoms with Crippen molar-refractivity contribution >= 4 is 35.1 Å². The van der Waals surface area contributed by atoms with Gasteiger partial charge in [0.25, 0.3) is 0 Å². The van der Waals surface area contributed by atoms with E-state index in [2.05, 4.69) is 18.8 Å².